The van der Waals surface area contributed by atoms with Gasteiger partial charge < -0.3 is 15.9 Å². The van der Waals surface area contributed by atoms with E-state index in [2.05, 4.69) is 54.5 Å². The zero-order valence-corrected chi connectivity index (χ0v) is 19.5. The second-order valence-electron chi connectivity index (χ2n) is 8.83. The second kappa shape index (κ2) is 10.7. The van der Waals surface area contributed by atoms with Crippen molar-refractivity contribution in [3.8, 4) is 5.75 Å². The summed E-state index contributed by atoms with van der Waals surface area (Å²) in [5.41, 5.74) is 2.80. The molecule has 31 heavy (non-hydrogen) atoms. The molecule has 0 radical (unpaired) electrons. The van der Waals surface area contributed by atoms with Crippen LogP contribution in [0.5, 0.6) is 5.75 Å². The number of rotatable bonds is 9. The normalized spacial score (nSPS) is 14.2. The minimum absolute atomic E-state index is 0.0267. The zero-order valence-electron chi connectivity index (χ0n) is 18.7. The summed E-state index contributed by atoms with van der Waals surface area (Å²) < 4.78 is 7.18. The highest BCUT2D eigenvalue weighted by molar-refractivity contribution is 7.99. The number of hydrogen-bond acceptors (Lipinski definition) is 6. The third kappa shape index (κ3) is 7.02. The highest BCUT2D eigenvalue weighted by Gasteiger charge is 2.15. The molecule has 1 aliphatic rings. The Labute approximate surface area is 188 Å². The van der Waals surface area contributed by atoms with Crippen LogP contribution in [0.15, 0.2) is 41.1 Å². The van der Waals surface area contributed by atoms with Gasteiger partial charge in [-0.2, -0.15) is 0 Å². The average Bonchev–Trinajstić information content (AvgIpc) is 3.10. The van der Waals surface area contributed by atoms with E-state index in [-0.39, 0.29) is 23.7 Å². The summed E-state index contributed by atoms with van der Waals surface area (Å²) in [7, 11) is 0. The molecule has 1 heterocycles. The fourth-order valence-electron chi connectivity index (χ4n) is 3.38. The molecule has 0 bridgehead atoms. The number of amides is 1. The summed E-state index contributed by atoms with van der Waals surface area (Å²) in [4.78, 5) is 12.1. The maximum Gasteiger partial charge on any atom is 0.230 e. The van der Waals surface area contributed by atoms with E-state index < -0.39 is 0 Å². The molecule has 0 unspecified atom stereocenters. The lowest BCUT2D eigenvalue weighted by Crippen LogP contribution is -2.27. The van der Waals surface area contributed by atoms with E-state index in [9.17, 15) is 4.79 Å². The minimum atomic E-state index is -0.0267. The third-order valence-electron chi connectivity index (χ3n) is 5.31. The van der Waals surface area contributed by atoms with Crippen LogP contribution in [0, 0.1) is 0 Å². The Morgan fingerprint density at radius 2 is 2.00 bits per heavy atom. The van der Waals surface area contributed by atoms with Crippen molar-refractivity contribution in [2.75, 3.05) is 18.1 Å². The molecule has 0 spiro atoms. The van der Waals surface area contributed by atoms with Gasteiger partial charge in [0.25, 0.3) is 0 Å². The fraction of sp³-hybridized carbons (Fsp3) is 0.522. The lowest BCUT2D eigenvalue weighted by Gasteiger charge is -2.19. The minimum Gasteiger partial charge on any atom is -0.486 e. The maximum atomic E-state index is 12.1. The molecule has 0 fully saturated rings. The van der Waals surface area contributed by atoms with Crippen molar-refractivity contribution in [3.63, 3.8) is 0 Å². The van der Waals surface area contributed by atoms with Gasteiger partial charge >= 0.3 is 0 Å². The van der Waals surface area contributed by atoms with Crippen LogP contribution >= 0.6 is 11.8 Å². The van der Waals surface area contributed by atoms with E-state index >= 15 is 0 Å². The Hall–Kier alpha value is -2.48. The van der Waals surface area contributed by atoms with Gasteiger partial charge in [0, 0.05) is 6.54 Å². The summed E-state index contributed by atoms with van der Waals surface area (Å²) in [5, 5.41) is 11.6. The summed E-state index contributed by atoms with van der Waals surface area (Å²) in [6.07, 6.45) is 8.11. The Balaban J connectivity index is 1.42. The van der Waals surface area contributed by atoms with Crippen molar-refractivity contribution < 1.29 is 9.53 Å². The van der Waals surface area contributed by atoms with Gasteiger partial charge in [-0.25, -0.2) is 4.68 Å². The first kappa shape index (κ1) is 23.2. The molecule has 1 aliphatic carbocycles. The van der Waals surface area contributed by atoms with Gasteiger partial charge in [0.15, 0.2) is 5.82 Å². The number of thioether (sulfide) groups is 1. The van der Waals surface area contributed by atoms with Gasteiger partial charge in [-0.3, -0.25) is 4.79 Å². The molecule has 0 aliphatic heterocycles. The van der Waals surface area contributed by atoms with E-state index in [1.54, 1.807) is 0 Å². The molecule has 7 nitrogen and oxygen atoms in total. The molecule has 0 saturated carbocycles. The van der Waals surface area contributed by atoms with Crippen LogP contribution in [-0.2, 0) is 16.8 Å². The predicted molar refractivity (Wildman–Crippen MR) is 125 cm³/mol. The molecule has 1 amide bonds. The Kier molecular flexibility index (Phi) is 8.01. The van der Waals surface area contributed by atoms with Crippen LogP contribution in [0.25, 0.3) is 0 Å². The van der Waals surface area contributed by atoms with Crippen molar-refractivity contribution in [3.05, 3.63) is 47.3 Å². The van der Waals surface area contributed by atoms with E-state index in [0.717, 1.165) is 18.6 Å². The van der Waals surface area contributed by atoms with Crippen LogP contribution in [0.3, 0.4) is 0 Å². The Morgan fingerprint density at radius 3 is 2.68 bits per heavy atom. The zero-order chi connectivity index (χ0) is 22.3. The number of carbonyl (C=O) groups excluding carboxylic acids is 1. The number of ether oxygens (including phenoxy) is 1. The molecule has 8 heteroatoms. The first-order valence-corrected chi connectivity index (χ1v) is 11.8. The van der Waals surface area contributed by atoms with Gasteiger partial charge in [0.2, 0.25) is 11.1 Å². The first-order valence-electron chi connectivity index (χ1n) is 10.8. The summed E-state index contributed by atoms with van der Waals surface area (Å²) in [6, 6.07) is 8.02. The van der Waals surface area contributed by atoms with Crippen LogP contribution in [0.1, 0.15) is 64.3 Å². The highest BCUT2D eigenvalue weighted by Crippen LogP contribution is 2.25. The molecule has 2 aromatic rings. The molecule has 0 atom stereocenters. The van der Waals surface area contributed by atoms with Crippen LogP contribution in [0.4, 0.5) is 0 Å². The first-order chi connectivity index (χ1) is 14.8. The van der Waals surface area contributed by atoms with Crippen LogP contribution < -0.4 is 15.9 Å². The van der Waals surface area contributed by atoms with Crippen LogP contribution in [0.2, 0.25) is 0 Å². The molecule has 168 valence electrons. The number of benzene rings is 1. The average molecular weight is 444 g/mol. The van der Waals surface area contributed by atoms with Gasteiger partial charge in [-0.05, 0) is 55.2 Å². The number of hydrogen-bond donors (Lipinski definition) is 2. The topological polar surface area (TPSA) is 95.1 Å². The maximum absolute atomic E-state index is 12.1. The molecule has 1 aromatic heterocycles. The molecule has 0 saturated heterocycles. The lowest BCUT2D eigenvalue weighted by molar-refractivity contribution is -0.118. The van der Waals surface area contributed by atoms with E-state index in [1.165, 1.54) is 46.8 Å². The van der Waals surface area contributed by atoms with Crippen molar-refractivity contribution >= 4 is 17.7 Å². The number of allylic oxidation sites excluding steroid dienone is 1. The number of nitrogen functional groups attached to an aromatic ring is 1. The second-order valence-corrected chi connectivity index (χ2v) is 9.77. The number of nitrogens with zero attached hydrogens (tertiary/aromatic N) is 3. The molecular weight excluding hydrogens is 410 g/mol. The molecular formula is C23H33N5O2S. The molecule has 3 N–H and O–H groups in total. The van der Waals surface area contributed by atoms with Gasteiger partial charge in [-0.1, -0.05) is 56.3 Å². The Morgan fingerprint density at radius 1 is 1.23 bits per heavy atom. The van der Waals surface area contributed by atoms with Gasteiger partial charge in [0.1, 0.15) is 12.4 Å². The van der Waals surface area contributed by atoms with E-state index in [1.807, 2.05) is 12.1 Å². The summed E-state index contributed by atoms with van der Waals surface area (Å²) in [5.74, 6) is 7.57. The standard InChI is InChI=1S/C23H33N5O2S/c1-23(2,3)18-9-11-19(12-10-18)30-15-20-26-27-22(28(20)24)31-16-21(29)25-14-13-17-7-5-4-6-8-17/h7,9-12H,4-6,8,13-16,24H2,1-3H3,(H,25,29). The fourth-order valence-corrected chi connectivity index (χ4v) is 4.08. The smallest absolute Gasteiger partial charge is 0.230 e. The SMILES string of the molecule is CC(C)(C)c1ccc(OCc2nnc(SCC(=O)NCCC3=CCCCC3)n2N)cc1. The van der Waals surface area contributed by atoms with E-state index in [0.29, 0.717) is 17.5 Å². The molecule has 1 aromatic carbocycles. The van der Waals surface area contributed by atoms with Crippen molar-refractivity contribution in [1.82, 2.24) is 20.2 Å². The largest absolute Gasteiger partial charge is 0.486 e. The number of nitrogens with one attached hydrogen (secondary N) is 1. The van der Waals surface area contributed by atoms with E-state index in [4.69, 9.17) is 10.6 Å². The predicted octanol–water partition coefficient (Wildman–Crippen LogP) is 3.97. The lowest BCUT2D eigenvalue weighted by atomic mass is 9.87. The third-order valence-corrected chi connectivity index (χ3v) is 6.25. The van der Waals surface area contributed by atoms with Crippen molar-refractivity contribution in [2.45, 2.75) is 70.1 Å². The summed E-state index contributed by atoms with van der Waals surface area (Å²) in [6.45, 7) is 7.41. The summed E-state index contributed by atoms with van der Waals surface area (Å²) >= 11 is 1.27. The van der Waals surface area contributed by atoms with Crippen molar-refractivity contribution in [1.29, 1.82) is 0 Å². The van der Waals surface area contributed by atoms with Crippen LogP contribution in [-0.4, -0.2) is 33.1 Å². The van der Waals surface area contributed by atoms with Gasteiger partial charge in [0.05, 0.1) is 5.75 Å². The number of carbonyl (C=O) groups is 1. The number of nitrogens with two attached hydrogens (primary N) is 1. The quantitative estimate of drug-likeness (QED) is 0.346. The highest BCUT2D eigenvalue weighted by atomic mass is 32.2. The van der Waals surface area contributed by atoms with Crippen molar-refractivity contribution in [2.24, 2.45) is 0 Å². The Bertz CT molecular complexity index is 900. The monoisotopic (exact) mass is 443 g/mol. The molecule has 3 rings (SSSR count). The number of aromatic nitrogens is 3. The van der Waals surface area contributed by atoms with Gasteiger partial charge in [-0.15, -0.1) is 10.2 Å².